The van der Waals surface area contributed by atoms with E-state index in [1.165, 1.54) is 0 Å². The monoisotopic (exact) mass is 434 g/mol. The van der Waals surface area contributed by atoms with Crippen LogP contribution in [0.15, 0.2) is 52.7 Å². The fraction of sp³-hybridized carbons (Fsp3) is 0.348. The highest BCUT2D eigenvalue weighted by atomic mass is 16.5. The van der Waals surface area contributed by atoms with Gasteiger partial charge < -0.3 is 14.4 Å². The van der Waals surface area contributed by atoms with Crippen LogP contribution in [0.4, 0.5) is 11.6 Å². The molecule has 166 valence electrons. The number of aromatic nitrogens is 2. The number of hydrazone groups is 1. The van der Waals surface area contributed by atoms with Crippen molar-refractivity contribution in [2.24, 2.45) is 10.1 Å². The Kier molecular flexibility index (Phi) is 7.19. The number of benzene rings is 1. The lowest BCUT2D eigenvalue weighted by molar-refractivity contribution is -0.112. The topological polar surface area (TPSA) is 101 Å². The number of aliphatic imine (C=N–C) groups is 1. The molecule has 2 aliphatic rings. The van der Waals surface area contributed by atoms with Gasteiger partial charge in [0.2, 0.25) is 0 Å². The first-order valence-electron chi connectivity index (χ1n) is 10.6. The minimum absolute atomic E-state index is 0.0203. The first-order valence-corrected chi connectivity index (χ1v) is 10.6. The summed E-state index contributed by atoms with van der Waals surface area (Å²) in [5.74, 6) is 1.28. The van der Waals surface area contributed by atoms with Crippen LogP contribution in [-0.4, -0.2) is 60.6 Å². The Balaban J connectivity index is 1.46. The number of rotatable bonds is 8. The van der Waals surface area contributed by atoms with Gasteiger partial charge >= 0.3 is 6.01 Å². The highest BCUT2D eigenvalue weighted by Crippen LogP contribution is 2.21. The van der Waals surface area contributed by atoms with Crippen LogP contribution in [0.2, 0.25) is 0 Å². The minimum Gasteiger partial charge on any atom is -0.463 e. The number of carbonyl (C=O) groups is 1. The number of nitrogens with zero attached hydrogens (tertiary/aromatic N) is 5. The van der Waals surface area contributed by atoms with Gasteiger partial charge in [0.05, 0.1) is 31.7 Å². The van der Waals surface area contributed by atoms with Gasteiger partial charge in [-0.15, -0.1) is 0 Å². The van der Waals surface area contributed by atoms with E-state index < -0.39 is 0 Å². The number of anilines is 2. The smallest absolute Gasteiger partial charge is 0.320 e. The molecule has 0 amide bonds. The predicted molar refractivity (Wildman–Crippen MR) is 124 cm³/mol. The third-order valence-electron chi connectivity index (χ3n) is 4.99. The summed E-state index contributed by atoms with van der Waals surface area (Å²) in [5, 5.41) is 4.31. The van der Waals surface area contributed by atoms with Crippen molar-refractivity contribution < 1.29 is 14.3 Å². The minimum atomic E-state index is 0.0203. The molecule has 2 aliphatic heterocycles. The van der Waals surface area contributed by atoms with Crippen LogP contribution in [-0.2, 0) is 9.53 Å². The van der Waals surface area contributed by atoms with Crippen LogP contribution in [0, 0.1) is 6.92 Å². The summed E-state index contributed by atoms with van der Waals surface area (Å²) in [4.78, 5) is 27.1. The number of allylic oxidation sites excluding steroid dienone is 1. The Morgan fingerprint density at radius 2 is 2.12 bits per heavy atom. The molecule has 0 unspecified atom stereocenters. The number of ether oxygens (including phenoxy) is 2. The van der Waals surface area contributed by atoms with Gasteiger partial charge in [-0.25, -0.2) is 0 Å². The number of ketones is 1. The van der Waals surface area contributed by atoms with E-state index in [2.05, 4.69) is 30.4 Å². The molecule has 9 heteroatoms. The number of carbonyl (C=O) groups excluding carboxylic acids is 1. The van der Waals surface area contributed by atoms with Crippen LogP contribution in [0.3, 0.4) is 0 Å². The zero-order valence-corrected chi connectivity index (χ0v) is 18.0. The lowest BCUT2D eigenvalue weighted by atomic mass is 10.1. The van der Waals surface area contributed by atoms with E-state index in [-0.39, 0.29) is 18.4 Å². The molecule has 3 heterocycles. The number of hydrogen-bond acceptors (Lipinski definition) is 9. The summed E-state index contributed by atoms with van der Waals surface area (Å²) in [5.41, 5.74) is 5.64. The standard InChI is InChI=1S/C23H26N6O3/c1-17-4-2-5-18(14-17)16-25-28-21-15-22(29-9-12-31-13-10-29)27-23(26-21)32-11-7-19-20(30)6-3-8-24-19/h2-5,8,14-16H,6-7,9-13H2,1H3,(H,26,27,28). The second kappa shape index (κ2) is 10.6. The van der Waals surface area contributed by atoms with Gasteiger partial charge in [0, 0.05) is 38.2 Å². The molecule has 9 nitrogen and oxygen atoms in total. The quantitative estimate of drug-likeness (QED) is 0.503. The first-order chi connectivity index (χ1) is 15.7. The Morgan fingerprint density at radius 3 is 2.94 bits per heavy atom. The molecule has 1 aromatic heterocycles. The van der Waals surface area contributed by atoms with Crippen molar-refractivity contribution in [2.75, 3.05) is 43.2 Å². The Hall–Kier alpha value is -3.59. The average Bonchev–Trinajstić information content (AvgIpc) is 2.81. The highest BCUT2D eigenvalue weighted by Gasteiger charge is 2.17. The van der Waals surface area contributed by atoms with Crippen molar-refractivity contribution in [3.63, 3.8) is 0 Å². The maximum Gasteiger partial charge on any atom is 0.320 e. The van der Waals surface area contributed by atoms with Gasteiger partial charge in [0.25, 0.3) is 0 Å². The molecular formula is C23H26N6O3. The van der Waals surface area contributed by atoms with Crippen molar-refractivity contribution in [1.29, 1.82) is 0 Å². The average molecular weight is 435 g/mol. The van der Waals surface area contributed by atoms with E-state index in [0.717, 1.165) is 30.0 Å². The van der Waals surface area contributed by atoms with Gasteiger partial charge in [0.1, 0.15) is 5.82 Å². The fourth-order valence-corrected chi connectivity index (χ4v) is 3.35. The molecule has 1 fully saturated rings. The largest absolute Gasteiger partial charge is 0.463 e. The summed E-state index contributed by atoms with van der Waals surface area (Å²) in [6, 6.07) is 10.1. The number of hydrogen-bond donors (Lipinski definition) is 1. The summed E-state index contributed by atoms with van der Waals surface area (Å²) < 4.78 is 11.2. The van der Waals surface area contributed by atoms with Crippen molar-refractivity contribution in [3.8, 4) is 6.01 Å². The second-order valence-electron chi connectivity index (χ2n) is 7.46. The molecule has 1 saturated heterocycles. The highest BCUT2D eigenvalue weighted by molar-refractivity contribution is 6.40. The third-order valence-corrected chi connectivity index (χ3v) is 4.99. The third kappa shape index (κ3) is 5.98. The molecule has 0 spiro atoms. The van der Waals surface area contributed by atoms with Crippen LogP contribution >= 0.6 is 0 Å². The van der Waals surface area contributed by atoms with Crippen LogP contribution in [0.25, 0.3) is 0 Å². The fourth-order valence-electron chi connectivity index (χ4n) is 3.35. The Morgan fingerprint density at radius 1 is 1.25 bits per heavy atom. The normalized spacial score (nSPS) is 16.3. The van der Waals surface area contributed by atoms with Gasteiger partial charge in [0.15, 0.2) is 11.6 Å². The molecule has 2 aromatic rings. The van der Waals surface area contributed by atoms with E-state index in [1.54, 1.807) is 18.5 Å². The van der Waals surface area contributed by atoms with Crippen LogP contribution in [0.1, 0.15) is 24.0 Å². The summed E-state index contributed by atoms with van der Waals surface area (Å²) >= 11 is 0. The van der Waals surface area contributed by atoms with Gasteiger partial charge in [-0.05, 0) is 12.5 Å². The van der Waals surface area contributed by atoms with Gasteiger partial charge in [-0.2, -0.15) is 15.1 Å². The Labute approximate surface area is 186 Å². The number of nitrogens with one attached hydrogen (secondary N) is 1. The van der Waals surface area contributed by atoms with E-state index >= 15 is 0 Å². The lowest BCUT2D eigenvalue weighted by Gasteiger charge is -2.28. The molecule has 0 radical (unpaired) electrons. The zero-order chi connectivity index (χ0) is 22.2. The molecule has 32 heavy (non-hydrogen) atoms. The first kappa shape index (κ1) is 21.6. The number of aryl methyl sites for hydroxylation is 1. The van der Waals surface area contributed by atoms with Crippen LogP contribution in [0.5, 0.6) is 6.01 Å². The molecule has 1 aromatic carbocycles. The van der Waals surface area contributed by atoms with Crippen molar-refractivity contribution in [1.82, 2.24) is 9.97 Å². The molecule has 0 aliphatic carbocycles. The van der Waals surface area contributed by atoms with E-state index in [0.29, 0.717) is 37.6 Å². The number of morpholine rings is 1. The molecule has 1 N–H and O–H groups in total. The van der Waals surface area contributed by atoms with Gasteiger partial charge in [-0.1, -0.05) is 35.9 Å². The van der Waals surface area contributed by atoms with Crippen molar-refractivity contribution >= 4 is 29.3 Å². The maximum atomic E-state index is 11.9. The summed E-state index contributed by atoms with van der Waals surface area (Å²) in [7, 11) is 0. The van der Waals surface area contributed by atoms with Crippen molar-refractivity contribution in [2.45, 2.75) is 19.8 Å². The van der Waals surface area contributed by atoms with E-state index in [4.69, 9.17) is 9.47 Å². The van der Waals surface area contributed by atoms with E-state index in [1.807, 2.05) is 37.3 Å². The molecule has 0 atom stereocenters. The molecule has 0 saturated carbocycles. The lowest BCUT2D eigenvalue weighted by Crippen LogP contribution is -2.36. The maximum absolute atomic E-state index is 11.9. The molecule has 4 rings (SSSR count). The predicted octanol–water partition coefficient (Wildman–Crippen LogP) is 2.76. The van der Waals surface area contributed by atoms with Crippen LogP contribution < -0.4 is 15.1 Å². The SMILES string of the molecule is Cc1cccc(C=NNc2cc(N3CCOCC3)nc(OCCC3=NC=CCC3=O)n2)c1. The van der Waals surface area contributed by atoms with Crippen molar-refractivity contribution in [3.05, 3.63) is 53.7 Å². The second-order valence-corrected chi connectivity index (χ2v) is 7.46. The summed E-state index contributed by atoms with van der Waals surface area (Å²) in [6.45, 7) is 5.06. The van der Waals surface area contributed by atoms with Gasteiger partial charge in [-0.3, -0.25) is 15.2 Å². The molecular weight excluding hydrogens is 408 g/mol. The zero-order valence-electron chi connectivity index (χ0n) is 18.0. The number of Topliss-reactive ketones (excluding diaryl/α,β-unsaturated/α-hetero) is 1. The molecule has 0 bridgehead atoms. The van der Waals surface area contributed by atoms with E-state index in [9.17, 15) is 4.79 Å². The Bertz CT molecular complexity index is 1040. The summed E-state index contributed by atoms with van der Waals surface area (Å²) in [6.07, 6.45) is 5.93.